The normalized spacial score (nSPS) is 22.4. The van der Waals surface area contributed by atoms with Crippen molar-refractivity contribution in [3.05, 3.63) is 54.5 Å². The van der Waals surface area contributed by atoms with Crippen molar-refractivity contribution in [3.63, 3.8) is 0 Å². The smallest absolute Gasteiger partial charge is 0.477 e. The van der Waals surface area contributed by atoms with Crippen LogP contribution in [0.1, 0.15) is 29.6 Å². The molecule has 0 aliphatic carbocycles. The molecule has 2 fully saturated rings. The topological polar surface area (TPSA) is 102 Å². The molecule has 4 rings (SSSR count). The van der Waals surface area contributed by atoms with Gasteiger partial charge >= 0.3 is 12.1 Å². The molecule has 2 aromatic heterocycles. The van der Waals surface area contributed by atoms with Crippen molar-refractivity contribution in [1.82, 2.24) is 14.9 Å². The maximum atomic E-state index is 12.9. The first-order valence-corrected chi connectivity index (χ1v) is 10.4. The van der Waals surface area contributed by atoms with Crippen molar-refractivity contribution in [3.8, 4) is 5.88 Å². The molecule has 0 bridgehead atoms. The van der Waals surface area contributed by atoms with Gasteiger partial charge in [0.15, 0.2) is 0 Å². The molecule has 178 valence electrons. The maximum absolute atomic E-state index is 12.9. The van der Waals surface area contributed by atoms with Gasteiger partial charge in [-0.3, -0.25) is 9.78 Å². The molecule has 0 saturated carbocycles. The number of carboxylic acids is 1. The van der Waals surface area contributed by atoms with Crippen LogP contribution in [0.2, 0.25) is 0 Å². The van der Waals surface area contributed by atoms with Crippen molar-refractivity contribution in [1.29, 1.82) is 0 Å². The van der Waals surface area contributed by atoms with E-state index in [0.717, 1.165) is 25.9 Å². The lowest BCUT2D eigenvalue weighted by Gasteiger charge is -2.50. The van der Waals surface area contributed by atoms with Crippen molar-refractivity contribution < 1.29 is 37.3 Å². The summed E-state index contributed by atoms with van der Waals surface area (Å²) in [6.07, 6.45) is 2.87. The van der Waals surface area contributed by atoms with Gasteiger partial charge in [0.1, 0.15) is 0 Å². The van der Waals surface area contributed by atoms with Crippen molar-refractivity contribution in [2.45, 2.75) is 31.5 Å². The average Bonchev–Trinajstić information content (AvgIpc) is 2.83. The van der Waals surface area contributed by atoms with Crippen LogP contribution < -0.4 is 4.74 Å². The summed E-state index contributed by atoms with van der Waals surface area (Å²) in [6.45, 7) is 2.63. The summed E-state index contributed by atoms with van der Waals surface area (Å²) in [5.74, 6) is -2.12. The molecule has 2 aliphatic heterocycles. The van der Waals surface area contributed by atoms with Gasteiger partial charge in [-0.15, -0.1) is 0 Å². The molecule has 0 radical (unpaired) electrons. The van der Waals surface area contributed by atoms with Crippen LogP contribution in [0.5, 0.6) is 5.88 Å². The summed E-state index contributed by atoms with van der Waals surface area (Å²) in [5, 5.41) is 7.12. The number of ether oxygens (including phenoxy) is 2. The largest absolute Gasteiger partial charge is 0.490 e. The Morgan fingerprint density at radius 3 is 2.67 bits per heavy atom. The number of nitrogens with zero attached hydrogens (tertiary/aromatic N) is 3. The van der Waals surface area contributed by atoms with Crippen LogP contribution in [-0.2, 0) is 9.53 Å². The summed E-state index contributed by atoms with van der Waals surface area (Å²) in [4.78, 5) is 32.0. The highest BCUT2D eigenvalue weighted by atomic mass is 19.4. The first kappa shape index (κ1) is 24.4. The van der Waals surface area contributed by atoms with Crippen LogP contribution in [0.4, 0.5) is 13.2 Å². The van der Waals surface area contributed by atoms with Gasteiger partial charge in [-0.2, -0.15) is 13.2 Å². The standard InChI is InChI=1S/C20H23N3O3.C2HF3O2/c24-19(16-5-3-9-21-13-16)23-11-7-17-20(14-23,8-4-12-25-17)15-26-18-6-1-2-10-22-18;3-2(4,5)1(6)7/h1-3,5-6,9-10,13,17H,4,7-8,11-12,14-15H2;(H,6,7). The number of aromatic nitrogens is 2. The Labute approximate surface area is 188 Å². The minimum absolute atomic E-state index is 0.0272. The second-order valence-electron chi connectivity index (χ2n) is 7.84. The Balaban J connectivity index is 0.000000383. The van der Waals surface area contributed by atoms with Gasteiger partial charge in [-0.1, -0.05) is 6.07 Å². The highest BCUT2D eigenvalue weighted by Crippen LogP contribution is 2.40. The van der Waals surface area contributed by atoms with E-state index in [1.807, 2.05) is 29.2 Å². The van der Waals surface area contributed by atoms with E-state index in [2.05, 4.69) is 9.97 Å². The zero-order valence-corrected chi connectivity index (χ0v) is 17.7. The number of carboxylic acid groups (broad SMARTS) is 1. The number of aliphatic carboxylic acids is 1. The lowest BCUT2D eigenvalue weighted by molar-refractivity contribution is -0.192. The van der Waals surface area contributed by atoms with Gasteiger partial charge in [0.2, 0.25) is 5.88 Å². The molecule has 1 N–H and O–H groups in total. The number of hydrogen-bond acceptors (Lipinski definition) is 6. The fourth-order valence-corrected chi connectivity index (χ4v) is 4.00. The highest BCUT2D eigenvalue weighted by molar-refractivity contribution is 5.94. The molecule has 8 nitrogen and oxygen atoms in total. The Morgan fingerprint density at radius 1 is 1.24 bits per heavy atom. The quantitative estimate of drug-likeness (QED) is 0.737. The Morgan fingerprint density at radius 2 is 2.03 bits per heavy atom. The summed E-state index contributed by atoms with van der Waals surface area (Å²) < 4.78 is 43.8. The number of rotatable bonds is 4. The van der Waals surface area contributed by atoms with Gasteiger partial charge in [0.05, 0.1) is 18.3 Å². The fourth-order valence-electron chi connectivity index (χ4n) is 4.00. The minimum Gasteiger partial charge on any atom is -0.477 e. The van der Waals surface area contributed by atoms with Gasteiger partial charge in [-0.25, -0.2) is 9.78 Å². The van der Waals surface area contributed by atoms with Gasteiger partial charge in [-0.05, 0) is 37.5 Å². The number of carbonyl (C=O) groups is 2. The zero-order valence-electron chi connectivity index (χ0n) is 17.7. The monoisotopic (exact) mass is 467 g/mol. The molecule has 2 atom stereocenters. The third-order valence-corrected chi connectivity index (χ3v) is 5.57. The number of carbonyl (C=O) groups excluding carboxylic acids is 1. The number of piperidine rings is 1. The summed E-state index contributed by atoms with van der Waals surface area (Å²) in [7, 11) is 0. The van der Waals surface area contributed by atoms with Crippen LogP contribution >= 0.6 is 0 Å². The molecule has 0 aromatic carbocycles. The molecule has 33 heavy (non-hydrogen) atoms. The average molecular weight is 467 g/mol. The second kappa shape index (κ2) is 10.6. The first-order valence-electron chi connectivity index (χ1n) is 10.4. The van der Waals surface area contributed by atoms with E-state index in [1.54, 1.807) is 24.7 Å². The fraction of sp³-hybridized carbons (Fsp3) is 0.455. The SMILES string of the molecule is O=C(O)C(F)(F)F.O=C(c1cccnc1)N1CCC2OCCCC2(COc2ccccn2)C1. The van der Waals surface area contributed by atoms with E-state index in [0.29, 0.717) is 31.1 Å². The molecule has 2 unspecified atom stereocenters. The van der Waals surface area contributed by atoms with E-state index in [-0.39, 0.29) is 17.4 Å². The number of amides is 1. The molecular formula is C22H24F3N3O5. The predicted molar refractivity (Wildman–Crippen MR) is 110 cm³/mol. The molecular weight excluding hydrogens is 443 g/mol. The lowest BCUT2D eigenvalue weighted by Crippen LogP contribution is -2.58. The summed E-state index contributed by atoms with van der Waals surface area (Å²) in [6, 6.07) is 9.25. The highest BCUT2D eigenvalue weighted by Gasteiger charge is 2.48. The number of pyridine rings is 2. The molecule has 2 aliphatic rings. The molecule has 4 heterocycles. The molecule has 2 saturated heterocycles. The number of hydrogen-bond donors (Lipinski definition) is 1. The Hall–Kier alpha value is -3.21. The molecule has 2 aromatic rings. The van der Waals surface area contributed by atoms with Crippen LogP contribution in [0.3, 0.4) is 0 Å². The van der Waals surface area contributed by atoms with Crippen LogP contribution in [-0.4, -0.2) is 70.4 Å². The van der Waals surface area contributed by atoms with Crippen molar-refractivity contribution >= 4 is 11.9 Å². The maximum Gasteiger partial charge on any atom is 0.490 e. The van der Waals surface area contributed by atoms with E-state index in [4.69, 9.17) is 19.4 Å². The third kappa shape index (κ3) is 6.41. The van der Waals surface area contributed by atoms with Crippen LogP contribution in [0.25, 0.3) is 0 Å². The summed E-state index contributed by atoms with van der Waals surface area (Å²) >= 11 is 0. The Kier molecular flexibility index (Phi) is 7.85. The van der Waals surface area contributed by atoms with E-state index < -0.39 is 12.1 Å². The molecule has 1 amide bonds. The van der Waals surface area contributed by atoms with E-state index in [1.165, 1.54) is 0 Å². The van der Waals surface area contributed by atoms with E-state index >= 15 is 0 Å². The van der Waals surface area contributed by atoms with E-state index in [9.17, 15) is 18.0 Å². The number of likely N-dealkylation sites (tertiary alicyclic amines) is 1. The molecule has 11 heteroatoms. The van der Waals surface area contributed by atoms with Crippen molar-refractivity contribution in [2.24, 2.45) is 5.41 Å². The van der Waals surface area contributed by atoms with Crippen LogP contribution in [0, 0.1) is 5.41 Å². The summed E-state index contributed by atoms with van der Waals surface area (Å²) in [5.41, 5.74) is 0.440. The van der Waals surface area contributed by atoms with Crippen molar-refractivity contribution in [2.75, 3.05) is 26.3 Å². The second-order valence-corrected chi connectivity index (χ2v) is 7.84. The van der Waals surface area contributed by atoms with Gasteiger partial charge in [0, 0.05) is 49.8 Å². The zero-order chi connectivity index (χ0) is 23.9. The number of fused-ring (bicyclic) bond motifs is 1. The number of alkyl halides is 3. The van der Waals surface area contributed by atoms with Gasteiger partial charge in [0.25, 0.3) is 5.91 Å². The van der Waals surface area contributed by atoms with Crippen LogP contribution in [0.15, 0.2) is 48.9 Å². The first-order chi connectivity index (χ1) is 15.7. The predicted octanol–water partition coefficient (Wildman–Crippen LogP) is 3.20. The molecule has 0 spiro atoms. The Bertz CT molecular complexity index is 930. The van der Waals surface area contributed by atoms with Gasteiger partial charge < -0.3 is 19.5 Å². The number of halogens is 3. The third-order valence-electron chi connectivity index (χ3n) is 5.57. The lowest BCUT2D eigenvalue weighted by atomic mass is 9.73. The minimum atomic E-state index is -5.08.